The van der Waals surface area contributed by atoms with Crippen LogP contribution in [0.15, 0.2) is 0 Å². The predicted octanol–water partition coefficient (Wildman–Crippen LogP) is 3.45. The third-order valence-electron chi connectivity index (χ3n) is 10.4. The summed E-state index contributed by atoms with van der Waals surface area (Å²) in [6, 6.07) is 0. The molecule has 4 N–H and O–H groups in total. The molecular weight excluding hydrogens is 368 g/mol. The molecule has 4 aliphatic carbocycles. The number of hydrogen-bond acceptors (Lipinski definition) is 4. The Bertz CT molecular complexity index is 618. The molecule has 4 aliphatic rings. The number of aliphatic carboxylic acids is 1. The Hall–Kier alpha value is -0.650. The largest absolute Gasteiger partial charge is 0.481 e. The summed E-state index contributed by atoms with van der Waals surface area (Å²) in [7, 11) is 0. The van der Waals surface area contributed by atoms with Gasteiger partial charge >= 0.3 is 5.97 Å². The first-order valence-corrected chi connectivity index (χ1v) is 11.9. The van der Waals surface area contributed by atoms with E-state index in [4.69, 9.17) is 5.11 Å². The Balaban J connectivity index is 1.56. The van der Waals surface area contributed by atoms with E-state index in [2.05, 4.69) is 13.8 Å². The van der Waals surface area contributed by atoms with Gasteiger partial charge in [0.15, 0.2) is 0 Å². The molecule has 0 bridgehead atoms. The van der Waals surface area contributed by atoms with Gasteiger partial charge in [0.05, 0.1) is 12.2 Å². The summed E-state index contributed by atoms with van der Waals surface area (Å²) >= 11 is 0. The first-order valence-electron chi connectivity index (χ1n) is 11.9. The zero-order valence-corrected chi connectivity index (χ0v) is 18.1. The maximum absolute atomic E-state index is 11.1. The summed E-state index contributed by atoms with van der Waals surface area (Å²) in [6.07, 6.45) is 8.06. The van der Waals surface area contributed by atoms with E-state index in [9.17, 15) is 20.1 Å². The second-order valence-corrected chi connectivity index (χ2v) is 11.2. The van der Waals surface area contributed by atoms with Crippen molar-refractivity contribution in [3.8, 4) is 0 Å². The van der Waals surface area contributed by atoms with Gasteiger partial charge in [0.2, 0.25) is 0 Å². The van der Waals surface area contributed by atoms with Gasteiger partial charge in [0.1, 0.15) is 0 Å². The Kier molecular flexibility index (Phi) is 5.80. The SMILES string of the molecule is C[C@]12CC[C@H]3[C@@H](CC[C@H]4CCC(O)C(O)[C@@]43C)[C@@H]1CC[C@@H]2[C@H](CO)CCC(=O)O. The van der Waals surface area contributed by atoms with Gasteiger partial charge in [-0.05, 0) is 98.7 Å². The predicted molar refractivity (Wildman–Crippen MR) is 110 cm³/mol. The van der Waals surface area contributed by atoms with Gasteiger partial charge in [-0.3, -0.25) is 4.79 Å². The van der Waals surface area contributed by atoms with Gasteiger partial charge in [-0.25, -0.2) is 0 Å². The first-order chi connectivity index (χ1) is 13.7. The van der Waals surface area contributed by atoms with Crippen LogP contribution in [0.5, 0.6) is 0 Å². The molecule has 4 fully saturated rings. The highest BCUT2D eigenvalue weighted by Gasteiger charge is 2.63. The molecule has 166 valence electrons. The van der Waals surface area contributed by atoms with Crippen molar-refractivity contribution in [1.29, 1.82) is 0 Å². The van der Waals surface area contributed by atoms with Crippen molar-refractivity contribution in [2.75, 3.05) is 6.61 Å². The average molecular weight is 409 g/mol. The van der Waals surface area contributed by atoms with Crippen molar-refractivity contribution in [3.05, 3.63) is 0 Å². The lowest BCUT2D eigenvalue weighted by atomic mass is 9.43. The fourth-order valence-electron chi connectivity index (χ4n) is 8.87. The Morgan fingerprint density at radius 2 is 1.72 bits per heavy atom. The fourth-order valence-corrected chi connectivity index (χ4v) is 8.87. The molecule has 0 spiro atoms. The molecule has 0 aromatic heterocycles. The molecule has 0 saturated heterocycles. The van der Waals surface area contributed by atoms with Crippen LogP contribution < -0.4 is 0 Å². The molecule has 4 rings (SSSR count). The number of aliphatic hydroxyl groups is 3. The lowest BCUT2D eigenvalue weighted by Gasteiger charge is -2.62. The van der Waals surface area contributed by atoms with E-state index in [-0.39, 0.29) is 29.8 Å². The molecule has 29 heavy (non-hydrogen) atoms. The van der Waals surface area contributed by atoms with Crippen molar-refractivity contribution >= 4 is 5.97 Å². The summed E-state index contributed by atoms with van der Waals surface area (Å²) in [5.74, 6) is 1.85. The summed E-state index contributed by atoms with van der Waals surface area (Å²) in [4.78, 5) is 11.1. The monoisotopic (exact) mass is 408 g/mol. The summed E-state index contributed by atoms with van der Waals surface area (Å²) in [5, 5.41) is 40.6. The van der Waals surface area contributed by atoms with Gasteiger partial charge < -0.3 is 20.4 Å². The lowest BCUT2D eigenvalue weighted by molar-refractivity contribution is -0.196. The van der Waals surface area contributed by atoms with E-state index in [1.54, 1.807) is 0 Å². The summed E-state index contributed by atoms with van der Waals surface area (Å²) in [6.45, 7) is 4.73. The van der Waals surface area contributed by atoms with Crippen LogP contribution in [0.4, 0.5) is 0 Å². The van der Waals surface area contributed by atoms with Crippen LogP contribution in [-0.4, -0.2) is 45.2 Å². The molecule has 0 aromatic rings. The summed E-state index contributed by atoms with van der Waals surface area (Å²) in [5.41, 5.74) is -0.0197. The van der Waals surface area contributed by atoms with Crippen molar-refractivity contribution < 1.29 is 25.2 Å². The van der Waals surface area contributed by atoms with Crippen molar-refractivity contribution in [3.63, 3.8) is 0 Å². The smallest absolute Gasteiger partial charge is 0.303 e. The average Bonchev–Trinajstić information content (AvgIpc) is 3.03. The van der Waals surface area contributed by atoms with Gasteiger partial charge in [-0.2, -0.15) is 0 Å². The molecule has 0 amide bonds. The minimum atomic E-state index is -0.775. The highest BCUT2D eigenvalue weighted by Crippen LogP contribution is 2.68. The van der Waals surface area contributed by atoms with Gasteiger partial charge in [-0.15, -0.1) is 0 Å². The Morgan fingerprint density at radius 3 is 2.41 bits per heavy atom. The van der Waals surface area contributed by atoms with Crippen LogP contribution in [-0.2, 0) is 4.79 Å². The van der Waals surface area contributed by atoms with E-state index in [1.807, 2.05) is 0 Å². The van der Waals surface area contributed by atoms with Crippen LogP contribution in [0.2, 0.25) is 0 Å². The van der Waals surface area contributed by atoms with Crippen LogP contribution >= 0.6 is 0 Å². The second-order valence-electron chi connectivity index (χ2n) is 11.2. The Morgan fingerprint density at radius 1 is 1.00 bits per heavy atom. The molecule has 2 unspecified atom stereocenters. The van der Waals surface area contributed by atoms with Crippen LogP contribution in [0.1, 0.15) is 78.1 Å². The Labute approximate surface area is 174 Å². The third-order valence-corrected chi connectivity index (χ3v) is 10.4. The first kappa shape index (κ1) is 21.6. The summed E-state index contributed by atoms with van der Waals surface area (Å²) < 4.78 is 0. The van der Waals surface area contributed by atoms with Crippen LogP contribution in [0.25, 0.3) is 0 Å². The number of aliphatic hydroxyl groups excluding tert-OH is 3. The zero-order valence-electron chi connectivity index (χ0n) is 18.1. The number of carboxylic acids is 1. The van der Waals surface area contributed by atoms with Crippen LogP contribution in [0, 0.1) is 46.3 Å². The maximum Gasteiger partial charge on any atom is 0.303 e. The third kappa shape index (κ3) is 3.27. The molecule has 0 aromatic carbocycles. The highest BCUT2D eigenvalue weighted by atomic mass is 16.4. The van der Waals surface area contributed by atoms with Gasteiger partial charge in [0.25, 0.3) is 0 Å². The lowest BCUT2D eigenvalue weighted by Crippen LogP contribution is -2.60. The number of carbonyl (C=O) groups is 1. The normalized spacial score (nSPS) is 50.3. The molecule has 10 atom stereocenters. The topological polar surface area (TPSA) is 98.0 Å². The number of fused-ring (bicyclic) bond motifs is 5. The number of hydrogen-bond donors (Lipinski definition) is 4. The molecule has 4 saturated carbocycles. The van der Waals surface area contributed by atoms with Gasteiger partial charge in [-0.1, -0.05) is 13.8 Å². The molecular formula is C24H40O5. The zero-order chi connectivity index (χ0) is 21.0. The standard InChI is InChI=1S/C24H40O5/c1-23-12-11-19-16(6-4-15-5-9-20(26)22(29)24(15,19)2)18(23)8-7-17(23)14(13-25)3-10-21(27)28/h14-20,22,25-26,29H,3-13H2,1-2H3,(H,27,28)/t14-,15-,16-,17+,18-,19-,20?,22?,23+,24-/m0/s1. The fraction of sp³-hybridized carbons (Fsp3) is 0.958. The van der Waals surface area contributed by atoms with Crippen LogP contribution in [0.3, 0.4) is 0 Å². The number of carboxylic acid groups (broad SMARTS) is 1. The molecule has 0 aliphatic heterocycles. The van der Waals surface area contributed by atoms with E-state index in [1.165, 1.54) is 6.42 Å². The van der Waals surface area contributed by atoms with Crippen molar-refractivity contribution in [2.45, 2.75) is 90.3 Å². The van der Waals surface area contributed by atoms with E-state index < -0.39 is 18.2 Å². The van der Waals surface area contributed by atoms with E-state index in [0.29, 0.717) is 36.0 Å². The molecule has 0 heterocycles. The van der Waals surface area contributed by atoms with Crippen molar-refractivity contribution in [1.82, 2.24) is 0 Å². The van der Waals surface area contributed by atoms with Crippen molar-refractivity contribution in [2.24, 2.45) is 46.3 Å². The minimum Gasteiger partial charge on any atom is -0.481 e. The highest BCUT2D eigenvalue weighted by molar-refractivity contribution is 5.66. The van der Waals surface area contributed by atoms with Gasteiger partial charge in [0, 0.05) is 18.4 Å². The molecule has 5 nitrogen and oxygen atoms in total. The molecule has 0 radical (unpaired) electrons. The number of rotatable bonds is 5. The van der Waals surface area contributed by atoms with E-state index in [0.717, 1.165) is 44.9 Å². The molecule has 5 heteroatoms. The quantitative estimate of drug-likeness (QED) is 0.559. The van der Waals surface area contributed by atoms with E-state index >= 15 is 0 Å². The minimum absolute atomic E-state index is 0.0756. The maximum atomic E-state index is 11.1. The second kappa shape index (κ2) is 7.80.